The van der Waals surface area contributed by atoms with Crippen LogP contribution in [0.1, 0.15) is 11.1 Å². The molecule has 23 heavy (non-hydrogen) atoms. The van der Waals surface area contributed by atoms with Gasteiger partial charge in [-0.25, -0.2) is 4.79 Å². The van der Waals surface area contributed by atoms with Crippen LogP contribution in [0, 0.1) is 0 Å². The maximum absolute atomic E-state index is 11.8. The average molecular weight is 351 g/mol. The lowest BCUT2D eigenvalue weighted by Gasteiger charge is -2.05. The van der Waals surface area contributed by atoms with Gasteiger partial charge in [0.25, 0.3) is 0 Å². The van der Waals surface area contributed by atoms with E-state index >= 15 is 0 Å². The van der Waals surface area contributed by atoms with Crippen molar-refractivity contribution in [2.75, 3.05) is 6.79 Å². The van der Waals surface area contributed by atoms with E-state index in [2.05, 4.69) is 0 Å². The summed E-state index contributed by atoms with van der Waals surface area (Å²) in [6.07, 6.45) is 3.00. The van der Waals surface area contributed by atoms with Crippen molar-refractivity contribution in [1.82, 2.24) is 0 Å². The molecule has 0 spiro atoms. The van der Waals surface area contributed by atoms with E-state index in [1.807, 2.05) is 6.07 Å². The Labute approximate surface area is 143 Å². The van der Waals surface area contributed by atoms with Gasteiger partial charge >= 0.3 is 5.97 Å². The second-order valence-corrected chi connectivity index (χ2v) is 5.63. The van der Waals surface area contributed by atoms with Gasteiger partial charge in [0.2, 0.25) is 6.79 Å². The average Bonchev–Trinajstić information content (AvgIpc) is 2.99. The zero-order valence-electron chi connectivity index (χ0n) is 11.9. The molecule has 6 heteroatoms. The van der Waals surface area contributed by atoms with Gasteiger partial charge in [-0.2, -0.15) is 0 Å². The maximum atomic E-state index is 11.8. The Hall–Kier alpha value is -2.17. The van der Waals surface area contributed by atoms with E-state index in [1.165, 1.54) is 6.08 Å². The molecule has 3 rings (SSSR count). The molecule has 0 aliphatic carbocycles. The number of hydrogen-bond acceptors (Lipinski definition) is 4. The van der Waals surface area contributed by atoms with Crippen LogP contribution in [0.25, 0.3) is 6.08 Å². The van der Waals surface area contributed by atoms with E-state index in [-0.39, 0.29) is 13.4 Å². The Morgan fingerprint density at radius 3 is 2.78 bits per heavy atom. The fourth-order valence-corrected chi connectivity index (χ4v) is 2.48. The van der Waals surface area contributed by atoms with Crippen molar-refractivity contribution >= 4 is 35.2 Å². The summed E-state index contributed by atoms with van der Waals surface area (Å²) in [7, 11) is 0. The van der Waals surface area contributed by atoms with Crippen molar-refractivity contribution in [3.05, 3.63) is 63.6 Å². The van der Waals surface area contributed by atoms with E-state index in [9.17, 15) is 4.79 Å². The third-order valence-corrected chi connectivity index (χ3v) is 3.78. The molecule has 1 heterocycles. The SMILES string of the molecule is O=C(/C=C/c1ccc2c(c1)OCO2)OCc1ccc(Cl)cc1Cl. The number of halogens is 2. The van der Waals surface area contributed by atoms with Gasteiger partial charge in [-0.1, -0.05) is 35.3 Å². The van der Waals surface area contributed by atoms with Gasteiger partial charge in [0.15, 0.2) is 11.5 Å². The third-order valence-electron chi connectivity index (χ3n) is 3.19. The maximum Gasteiger partial charge on any atom is 0.331 e. The predicted octanol–water partition coefficient (Wildman–Crippen LogP) is 4.48. The topological polar surface area (TPSA) is 44.8 Å². The molecule has 0 aromatic heterocycles. The molecule has 2 aromatic rings. The minimum Gasteiger partial charge on any atom is -0.458 e. The molecule has 1 aliphatic heterocycles. The zero-order chi connectivity index (χ0) is 16.2. The molecule has 0 atom stereocenters. The lowest BCUT2D eigenvalue weighted by Crippen LogP contribution is -2.01. The minimum absolute atomic E-state index is 0.0836. The Morgan fingerprint density at radius 1 is 1.13 bits per heavy atom. The van der Waals surface area contributed by atoms with Crippen molar-refractivity contribution in [1.29, 1.82) is 0 Å². The number of hydrogen-bond donors (Lipinski definition) is 0. The zero-order valence-corrected chi connectivity index (χ0v) is 13.4. The highest BCUT2D eigenvalue weighted by Gasteiger charge is 2.12. The van der Waals surface area contributed by atoms with Crippen molar-refractivity contribution in [2.45, 2.75) is 6.61 Å². The molecule has 0 unspecified atom stereocenters. The molecule has 0 radical (unpaired) electrons. The molecule has 0 saturated heterocycles. The number of fused-ring (bicyclic) bond motifs is 1. The van der Waals surface area contributed by atoms with E-state index in [1.54, 1.807) is 36.4 Å². The number of benzene rings is 2. The molecule has 118 valence electrons. The number of carbonyl (C=O) groups excluding carboxylic acids is 1. The van der Waals surface area contributed by atoms with E-state index in [0.717, 1.165) is 5.56 Å². The van der Waals surface area contributed by atoms with Gasteiger partial charge in [-0.3, -0.25) is 0 Å². The molecule has 0 bridgehead atoms. The van der Waals surface area contributed by atoms with Crippen molar-refractivity contribution < 1.29 is 19.0 Å². The van der Waals surface area contributed by atoms with Crippen molar-refractivity contribution in [2.24, 2.45) is 0 Å². The van der Waals surface area contributed by atoms with Crippen molar-refractivity contribution in [3.63, 3.8) is 0 Å². The second kappa shape index (κ2) is 6.94. The summed E-state index contributed by atoms with van der Waals surface area (Å²) < 4.78 is 15.7. The fraction of sp³-hybridized carbons (Fsp3) is 0.118. The van der Waals surface area contributed by atoms with Gasteiger partial charge in [0.1, 0.15) is 6.61 Å². The minimum atomic E-state index is -0.464. The van der Waals surface area contributed by atoms with Gasteiger partial charge in [0.05, 0.1) is 0 Å². The molecule has 0 amide bonds. The standard InChI is InChI=1S/C17H12Cl2O4/c18-13-4-3-12(14(19)8-13)9-21-17(20)6-2-11-1-5-15-16(7-11)23-10-22-15/h1-8H,9-10H2/b6-2+. The summed E-state index contributed by atoms with van der Waals surface area (Å²) in [6.45, 7) is 0.298. The predicted molar refractivity (Wildman–Crippen MR) is 87.9 cm³/mol. The molecule has 4 nitrogen and oxygen atoms in total. The first-order valence-corrected chi connectivity index (χ1v) is 7.56. The third kappa shape index (κ3) is 3.97. The van der Waals surface area contributed by atoms with E-state index in [0.29, 0.717) is 27.1 Å². The Kier molecular flexibility index (Phi) is 4.74. The summed E-state index contributed by atoms with van der Waals surface area (Å²) in [5, 5.41) is 0.998. The lowest BCUT2D eigenvalue weighted by molar-refractivity contribution is -0.138. The van der Waals surface area contributed by atoms with Crippen LogP contribution in [0.3, 0.4) is 0 Å². The molecule has 1 aliphatic rings. The summed E-state index contributed by atoms with van der Waals surface area (Å²) in [5.74, 6) is 0.893. The Balaban J connectivity index is 1.58. The first kappa shape index (κ1) is 15.7. The van der Waals surface area contributed by atoms with E-state index < -0.39 is 5.97 Å². The smallest absolute Gasteiger partial charge is 0.331 e. The van der Waals surface area contributed by atoms with Gasteiger partial charge in [0, 0.05) is 21.7 Å². The Bertz CT molecular complexity index is 771. The molecule has 2 aromatic carbocycles. The number of esters is 1. The van der Waals surface area contributed by atoms with Crippen LogP contribution in [0.15, 0.2) is 42.5 Å². The van der Waals surface area contributed by atoms with E-state index in [4.69, 9.17) is 37.4 Å². The van der Waals surface area contributed by atoms with Gasteiger partial charge in [-0.15, -0.1) is 0 Å². The molecule has 0 saturated carbocycles. The fourth-order valence-electron chi connectivity index (χ4n) is 2.02. The molecular formula is C17H12Cl2O4. The molecule has 0 fully saturated rings. The normalized spacial score (nSPS) is 12.6. The van der Waals surface area contributed by atoms with Crippen LogP contribution in [0.2, 0.25) is 10.0 Å². The highest BCUT2D eigenvalue weighted by atomic mass is 35.5. The number of carbonyl (C=O) groups is 1. The highest BCUT2D eigenvalue weighted by molar-refractivity contribution is 6.35. The van der Waals surface area contributed by atoms with Crippen LogP contribution in [-0.2, 0) is 16.1 Å². The molecule has 0 N–H and O–H groups in total. The summed E-state index contributed by atoms with van der Waals surface area (Å²) >= 11 is 11.8. The molecular weight excluding hydrogens is 339 g/mol. The number of rotatable bonds is 4. The van der Waals surface area contributed by atoms with Gasteiger partial charge < -0.3 is 14.2 Å². The summed E-state index contributed by atoms with van der Waals surface area (Å²) in [4.78, 5) is 11.8. The quantitative estimate of drug-likeness (QED) is 0.602. The first-order chi connectivity index (χ1) is 11.1. The second-order valence-electron chi connectivity index (χ2n) is 4.79. The van der Waals surface area contributed by atoms with Crippen molar-refractivity contribution in [3.8, 4) is 11.5 Å². The summed E-state index contributed by atoms with van der Waals surface area (Å²) in [6, 6.07) is 10.4. The Morgan fingerprint density at radius 2 is 1.96 bits per heavy atom. The lowest BCUT2D eigenvalue weighted by atomic mass is 10.2. The largest absolute Gasteiger partial charge is 0.458 e. The first-order valence-electron chi connectivity index (χ1n) is 6.80. The van der Waals surface area contributed by atoms with Crippen LogP contribution in [0.4, 0.5) is 0 Å². The van der Waals surface area contributed by atoms with Crippen LogP contribution in [0.5, 0.6) is 11.5 Å². The summed E-state index contributed by atoms with van der Waals surface area (Å²) in [5.41, 5.74) is 1.51. The highest BCUT2D eigenvalue weighted by Crippen LogP contribution is 2.32. The number of ether oxygens (including phenoxy) is 3. The van der Waals surface area contributed by atoms with Crippen LogP contribution in [-0.4, -0.2) is 12.8 Å². The monoisotopic (exact) mass is 350 g/mol. The van der Waals surface area contributed by atoms with Crippen LogP contribution >= 0.6 is 23.2 Å². The van der Waals surface area contributed by atoms with Gasteiger partial charge in [-0.05, 0) is 35.9 Å². The van der Waals surface area contributed by atoms with Crippen LogP contribution < -0.4 is 9.47 Å².